The van der Waals surface area contributed by atoms with Crippen molar-refractivity contribution >= 4 is 10.9 Å². The smallest absolute Gasteiger partial charge is 0.198 e. The van der Waals surface area contributed by atoms with Crippen LogP contribution < -0.4 is 10.3 Å². The molecule has 1 aromatic carbocycles. The Morgan fingerprint density at radius 2 is 1.83 bits per heavy atom. The fourth-order valence-corrected chi connectivity index (χ4v) is 3.96. The number of aryl methyl sites for hydroxylation is 3. The minimum atomic E-state index is 0.188. The summed E-state index contributed by atoms with van der Waals surface area (Å²) >= 11 is 0. The summed E-state index contributed by atoms with van der Waals surface area (Å²) in [7, 11) is 0. The Bertz CT molecular complexity index is 784. The molecule has 1 fully saturated rings. The van der Waals surface area contributed by atoms with Crippen molar-refractivity contribution in [3.63, 3.8) is 0 Å². The monoisotopic (exact) mass is 315 g/mol. The number of quaternary nitrogens is 1. The summed E-state index contributed by atoms with van der Waals surface area (Å²) in [5, 5.41) is 0.838. The predicted molar refractivity (Wildman–Crippen MR) is 93.2 cm³/mol. The molecule has 0 aliphatic carbocycles. The maximum absolute atomic E-state index is 13.1. The van der Waals surface area contributed by atoms with E-state index in [2.05, 4.69) is 37.9 Å². The zero-order valence-corrected chi connectivity index (χ0v) is 14.7. The fraction of sp³-hybridized carbons (Fsp3) is 0.526. The summed E-state index contributed by atoms with van der Waals surface area (Å²) in [6, 6.07) is 4.15. The van der Waals surface area contributed by atoms with E-state index >= 15 is 0 Å². The number of nitrogens with one attached hydrogen (secondary N) is 2. The lowest BCUT2D eigenvalue weighted by atomic mass is 10.0. The first kappa shape index (κ1) is 16.2. The molecule has 0 bridgehead atoms. The third-order valence-electron chi connectivity index (χ3n) is 4.80. The van der Waals surface area contributed by atoms with Crippen LogP contribution in [0.5, 0.6) is 0 Å². The van der Waals surface area contributed by atoms with Crippen LogP contribution in [0.4, 0.5) is 0 Å². The molecule has 0 spiro atoms. The highest BCUT2D eigenvalue weighted by atomic mass is 16.5. The van der Waals surface area contributed by atoms with Crippen LogP contribution in [0.25, 0.3) is 10.9 Å². The molecule has 23 heavy (non-hydrogen) atoms. The number of fused-ring (bicyclic) bond motifs is 1. The van der Waals surface area contributed by atoms with Crippen LogP contribution in [0.15, 0.2) is 16.9 Å². The molecule has 1 aliphatic rings. The quantitative estimate of drug-likeness (QED) is 0.885. The second kappa shape index (κ2) is 6.10. The summed E-state index contributed by atoms with van der Waals surface area (Å²) in [5.74, 6) is 0. The third kappa shape index (κ3) is 3.19. The Balaban J connectivity index is 2.03. The number of benzene rings is 1. The number of hydrogen-bond acceptors (Lipinski definition) is 2. The fourth-order valence-electron chi connectivity index (χ4n) is 3.96. The topological polar surface area (TPSA) is 46.5 Å². The zero-order valence-electron chi connectivity index (χ0n) is 14.7. The van der Waals surface area contributed by atoms with Gasteiger partial charge in [0.05, 0.1) is 11.1 Å². The SMILES string of the molecule is Cc1cc(C)c2c(=O)c(C[NH+]3C[C@@H](C)O[C@H](C)C3)c(C)[nH]c2c1. The van der Waals surface area contributed by atoms with Gasteiger partial charge in [0.2, 0.25) is 0 Å². The van der Waals surface area contributed by atoms with E-state index in [1.165, 1.54) is 10.5 Å². The normalized spacial score (nSPS) is 25.0. The Kier molecular flexibility index (Phi) is 4.30. The van der Waals surface area contributed by atoms with E-state index in [9.17, 15) is 4.79 Å². The second-order valence-corrected chi connectivity index (χ2v) is 7.15. The molecule has 4 heteroatoms. The van der Waals surface area contributed by atoms with Gasteiger partial charge in [-0.2, -0.15) is 0 Å². The third-order valence-corrected chi connectivity index (χ3v) is 4.80. The molecule has 3 rings (SSSR count). The molecule has 0 radical (unpaired) electrons. The van der Waals surface area contributed by atoms with Crippen molar-refractivity contribution < 1.29 is 9.64 Å². The van der Waals surface area contributed by atoms with Crippen LogP contribution >= 0.6 is 0 Å². The standard InChI is InChI=1S/C19H26N2O2/c1-11-6-12(2)18-17(7-11)20-15(5)16(19(18)22)10-21-8-13(3)23-14(4)9-21/h6-7,13-14H,8-10H2,1-5H3,(H,20,22)/p+1/t13-,14-/m1/s1. The highest BCUT2D eigenvalue weighted by Crippen LogP contribution is 2.17. The van der Waals surface area contributed by atoms with Gasteiger partial charge in [0.25, 0.3) is 0 Å². The summed E-state index contributed by atoms with van der Waals surface area (Å²) in [6.07, 6.45) is 0.496. The average molecular weight is 315 g/mol. The average Bonchev–Trinajstić information content (AvgIpc) is 2.41. The van der Waals surface area contributed by atoms with Gasteiger partial charge in [-0.3, -0.25) is 4.79 Å². The first-order valence-electron chi connectivity index (χ1n) is 8.47. The van der Waals surface area contributed by atoms with Gasteiger partial charge in [-0.25, -0.2) is 0 Å². The highest BCUT2D eigenvalue weighted by molar-refractivity contribution is 5.83. The lowest BCUT2D eigenvalue weighted by Gasteiger charge is -2.32. The van der Waals surface area contributed by atoms with Crippen molar-refractivity contribution in [2.75, 3.05) is 13.1 Å². The molecular weight excluding hydrogens is 288 g/mol. The number of aromatic amines is 1. The van der Waals surface area contributed by atoms with Crippen molar-refractivity contribution in [3.8, 4) is 0 Å². The number of hydrogen-bond donors (Lipinski definition) is 2. The van der Waals surface area contributed by atoms with E-state index in [0.29, 0.717) is 0 Å². The number of pyridine rings is 1. The molecule has 1 saturated heterocycles. The largest absolute Gasteiger partial charge is 0.364 e. The summed E-state index contributed by atoms with van der Waals surface area (Å²) in [6.45, 7) is 13.0. The van der Waals surface area contributed by atoms with Crippen LogP contribution in [0.1, 0.15) is 36.2 Å². The Hall–Kier alpha value is -1.65. The van der Waals surface area contributed by atoms with Gasteiger partial charge in [-0.1, -0.05) is 6.07 Å². The van der Waals surface area contributed by atoms with Crippen LogP contribution in [0.2, 0.25) is 0 Å². The Labute approximate surface area is 137 Å². The number of H-pyrrole nitrogens is 1. The van der Waals surface area contributed by atoms with E-state index < -0.39 is 0 Å². The van der Waals surface area contributed by atoms with Crippen LogP contribution in [0.3, 0.4) is 0 Å². The van der Waals surface area contributed by atoms with E-state index in [1.807, 2.05) is 13.8 Å². The highest BCUT2D eigenvalue weighted by Gasteiger charge is 2.27. The van der Waals surface area contributed by atoms with Crippen molar-refractivity contribution in [2.24, 2.45) is 0 Å². The van der Waals surface area contributed by atoms with Gasteiger partial charge in [0.1, 0.15) is 31.8 Å². The van der Waals surface area contributed by atoms with Crippen molar-refractivity contribution in [1.82, 2.24) is 4.98 Å². The Morgan fingerprint density at radius 3 is 2.48 bits per heavy atom. The maximum atomic E-state index is 13.1. The van der Waals surface area contributed by atoms with Gasteiger partial charge in [-0.15, -0.1) is 0 Å². The zero-order chi connectivity index (χ0) is 16.7. The van der Waals surface area contributed by atoms with Gasteiger partial charge in [-0.05, 0) is 51.8 Å². The van der Waals surface area contributed by atoms with Crippen LogP contribution in [0, 0.1) is 20.8 Å². The molecule has 2 heterocycles. The van der Waals surface area contributed by atoms with E-state index in [4.69, 9.17) is 4.74 Å². The molecule has 4 nitrogen and oxygen atoms in total. The molecule has 1 aromatic heterocycles. The number of rotatable bonds is 2. The van der Waals surface area contributed by atoms with Crippen molar-refractivity contribution in [1.29, 1.82) is 0 Å². The lowest BCUT2D eigenvalue weighted by molar-refractivity contribution is -0.928. The van der Waals surface area contributed by atoms with Crippen molar-refractivity contribution in [2.45, 2.75) is 53.4 Å². The van der Waals surface area contributed by atoms with E-state index in [1.54, 1.807) is 0 Å². The second-order valence-electron chi connectivity index (χ2n) is 7.15. The summed E-state index contributed by atoms with van der Waals surface area (Å²) in [4.78, 5) is 17.9. The minimum absolute atomic E-state index is 0.188. The van der Waals surface area contributed by atoms with Crippen LogP contribution in [-0.4, -0.2) is 30.3 Å². The summed E-state index contributed by atoms with van der Waals surface area (Å²) < 4.78 is 5.81. The molecular formula is C19H27N2O2+. The van der Waals surface area contributed by atoms with Gasteiger partial charge in [0.15, 0.2) is 5.43 Å². The van der Waals surface area contributed by atoms with Gasteiger partial charge >= 0.3 is 0 Å². The molecule has 2 N–H and O–H groups in total. The molecule has 0 saturated carbocycles. The minimum Gasteiger partial charge on any atom is -0.364 e. The molecule has 2 atom stereocenters. The first-order chi connectivity index (χ1) is 10.8. The molecule has 1 aliphatic heterocycles. The summed E-state index contributed by atoms with van der Waals surface area (Å²) in [5.41, 5.74) is 5.29. The maximum Gasteiger partial charge on any atom is 0.198 e. The molecule has 0 amide bonds. The van der Waals surface area contributed by atoms with Gasteiger partial charge in [0, 0.05) is 11.1 Å². The van der Waals surface area contributed by atoms with E-state index in [0.717, 1.165) is 47.4 Å². The first-order valence-corrected chi connectivity index (χ1v) is 8.47. The molecule has 0 unspecified atom stereocenters. The lowest BCUT2D eigenvalue weighted by Crippen LogP contribution is -3.14. The Morgan fingerprint density at radius 1 is 1.17 bits per heavy atom. The molecule has 124 valence electrons. The number of morpholine rings is 1. The number of aromatic nitrogens is 1. The van der Waals surface area contributed by atoms with Gasteiger partial charge < -0.3 is 14.6 Å². The predicted octanol–water partition coefficient (Wildman–Crippen LogP) is 1.65. The van der Waals surface area contributed by atoms with Crippen LogP contribution in [-0.2, 0) is 11.3 Å². The molecule has 2 aromatic rings. The van der Waals surface area contributed by atoms with E-state index in [-0.39, 0.29) is 17.6 Å². The number of ether oxygens (including phenoxy) is 1. The van der Waals surface area contributed by atoms with Crippen molar-refractivity contribution in [3.05, 3.63) is 44.7 Å².